The van der Waals surface area contributed by atoms with Crippen LogP contribution in [-0.2, 0) is 11.3 Å². The van der Waals surface area contributed by atoms with Crippen molar-refractivity contribution in [3.05, 3.63) is 35.0 Å². The lowest BCUT2D eigenvalue weighted by atomic mass is 9.99. The first kappa shape index (κ1) is 17.2. The Labute approximate surface area is 131 Å². The highest BCUT2D eigenvalue weighted by Crippen LogP contribution is 2.27. The minimum absolute atomic E-state index is 0. The van der Waals surface area contributed by atoms with Crippen LogP contribution >= 0.6 is 23.7 Å². The van der Waals surface area contributed by atoms with E-state index in [4.69, 9.17) is 5.73 Å². The molecule has 0 aromatic carbocycles. The van der Waals surface area contributed by atoms with Crippen molar-refractivity contribution in [3.63, 3.8) is 0 Å². The van der Waals surface area contributed by atoms with Gasteiger partial charge in [-0.25, -0.2) is 0 Å². The van der Waals surface area contributed by atoms with E-state index in [0.717, 1.165) is 19.3 Å². The van der Waals surface area contributed by atoms with Crippen molar-refractivity contribution in [1.29, 1.82) is 0 Å². The molecule has 0 saturated heterocycles. The number of thiophene rings is 1. The maximum atomic E-state index is 12.4. The average molecular weight is 315 g/mol. The van der Waals surface area contributed by atoms with Crippen LogP contribution in [0.1, 0.15) is 30.6 Å². The molecule has 0 aliphatic heterocycles. The van der Waals surface area contributed by atoms with Gasteiger partial charge in [-0.3, -0.25) is 4.79 Å². The molecule has 0 radical (unpaired) electrons. The van der Waals surface area contributed by atoms with Crippen molar-refractivity contribution >= 4 is 29.7 Å². The SMILES string of the molecule is C=CCN(Cc1cccs1)C(=O)C[C@@H]1CCC[C@H]1N.Cl. The van der Waals surface area contributed by atoms with E-state index in [1.807, 2.05) is 16.3 Å². The molecule has 2 rings (SSSR count). The second kappa shape index (κ2) is 8.45. The molecule has 5 heteroatoms. The van der Waals surface area contributed by atoms with Gasteiger partial charge in [0.05, 0.1) is 6.54 Å². The summed E-state index contributed by atoms with van der Waals surface area (Å²) >= 11 is 1.68. The zero-order valence-electron chi connectivity index (χ0n) is 11.7. The highest BCUT2D eigenvalue weighted by atomic mass is 35.5. The zero-order chi connectivity index (χ0) is 13.7. The summed E-state index contributed by atoms with van der Waals surface area (Å²) in [6, 6.07) is 4.29. The Hall–Kier alpha value is -0.840. The second-order valence-electron chi connectivity index (χ2n) is 5.20. The lowest BCUT2D eigenvalue weighted by Gasteiger charge is -2.23. The molecule has 0 spiro atoms. The minimum atomic E-state index is 0. The molecule has 1 heterocycles. The number of carbonyl (C=O) groups is 1. The molecule has 1 amide bonds. The summed E-state index contributed by atoms with van der Waals surface area (Å²) in [7, 11) is 0. The normalized spacial score (nSPS) is 21.2. The Morgan fingerprint density at radius 3 is 2.90 bits per heavy atom. The van der Waals surface area contributed by atoms with Crippen LogP contribution in [-0.4, -0.2) is 23.4 Å². The summed E-state index contributed by atoms with van der Waals surface area (Å²) in [5, 5.41) is 2.04. The quantitative estimate of drug-likeness (QED) is 0.820. The van der Waals surface area contributed by atoms with Gasteiger partial charge in [0.25, 0.3) is 0 Å². The third-order valence-corrected chi connectivity index (χ3v) is 4.64. The van der Waals surface area contributed by atoms with Crippen LogP contribution in [0.4, 0.5) is 0 Å². The average Bonchev–Trinajstić information content (AvgIpc) is 3.02. The van der Waals surface area contributed by atoms with E-state index >= 15 is 0 Å². The number of nitrogens with zero attached hydrogens (tertiary/aromatic N) is 1. The van der Waals surface area contributed by atoms with Gasteiger partial charge in [-0.15, -0.1) is 30.3 Å². The molecule has 0 bridgehead atoms. The minimum Gasteiger partial charge on any atom is -0.334 e. The van der Waals surface area contributed by atoms with Gasteiger partial charge in [-0.05, 0) is 30.2 Å². The van der Waals surface area contributed by atoms with Crippen LogP contribution in [0.2, 0.25) is 0 Å². The molecular weight excluding hydrogens is 292 g/mol. The van der Waals surface area contributed by atoms with Crippen molar-refractivity contribution in [2.45, 2.75) is 38.3 Å². The van der Waals surface area contributed by atoms with E-state index in [-0.39, 0.29) is 24.4 Å². The smallest absolute Gasteiger partial charge is 0.223 e. The first-order chi connectivity index (χ1) is 9.20. The molecule has 20 heavy (non-hydrogen) atoms. The van der Waals surface area contributed by atoms with Crippen molar-refractivity contribution in [2.75, 3.05) is 6.54 Å². The van der Waals surface area contributed by atoms with Gasteiger partial charge < -0.3 is 10.6 Å². The van der Waals surface area contributed by atoms with E-state index in [0.29, 0.717) is 25.4 Å². The summed E-state index contributed by atoms with van der Waals surface area (Å²) in [5.74, 6) is 0.568. The summed E-state index contributed by atoms with van der Waals surface area (Å²) in [5.41, 5.74) is 6.05. The van der Waals surface area contributed by atoms with Crippen molar-refractivity contribution in [3.8, 4) is 0 Å². The van der Waals surface area contributed by atoms with E-state index in [2.05, 4.69) is 12.6 Å². The van der Waals surface area contributed by atoms with Crippen LogP contribution in [0.3, 0.4) is 0 Å². The van der Waals surface area contributed by atoms with Gasteiger partial charge in [0.1, 0.15) is 0 Å². The Bertz CT molecular complexity index is 422. The maximum absolute atomic E-state index is 12.4. The number of rotatable bonds is 6. The van der Waals surface area contributed by atoms with E-state index < -0.39 is 0 Å². The Balaban J connectivity index is 0.00000200. The number of hydrogen-bond donors (Lipinski definition) is 1. The summed E-state index contributed by atoms with van der Waals surface area (Å²) in [6.07, 6.45) is 5.68. The highest BCUT2D eigenvalue weighted by molar-refractivity contribution is 7.09. The van der Waals surface area contributed by atoms with Gasteiger partial charge in [-0.1, -0.05) is 18.6 Å². The molecule has 0 unspecified atom stereocenters. The Kier molecular flexibility index (Phi) is 7.27. The van der Waals surface area contributed by atoms with Crippen LogP contribution < -0.4 is 5.73 Å². The largest absolute Gasteiger partial charge is 0.334 e. The van der Waals surface area contributed by atoms with Crippen molar-refractivity contribution in [2.24, 2.45) is 11.7 Å². The second-order valence-corrected chi connectivity index (χ2v) is 6.23. The van der Waals surface area contributed by atoms with Crippen LogP contribution in [0, 0.1) is 5.92 Å². The lowest BCUT2D eigenvalue weighted by molar-refractivity contribution is -0.132. The molecule has 1 aliphatic carbocycles. The molecule has 2 atom stereocenters. The number of amides is 1. The molecule has 1 fully saturated rings. The molecule has 1 aliphatic rings. The van der Waals surface area contributed by atoms with E-state index in [9.17, 15) is 4.79 Å². The monoisotopic (exact) mass is 314 g/mol. The van der Waals surface area contributed by atoms with Gasteiger partial charge in [0.15, 0.2) is 0 Å². The number of hydrogen-bond acceptors (Lipinski definition) is 3. The molecule has 1 saturated carbocycles. The Morgan fingerprint density at radius 2 is 2.35 bits per heavy atom. The highest BCUT2D eigenvalue weighted by Gasteiger charge is 2.27. The molecule has 1 aromatic rings. The van der Waals surface area contributed by atoms with Gasteiger partial charge in [-0.2, -0.15) is 0 Å². The van der Waals surface area contributed by atoms with E-state index in [1.165, 1.54) is 4.88 Å². The molecule has 1 aromatic heterocycles. The van der Waals surface area contributed by atoms with Crippen molar-refractivity contribution < 1.29 is 4.79 Å². The third kappa shape index (κ3) is 4.62. The zero-order valence-corrected chi connectivity index (χ0v) is 13.3. The number of halogens is 1. The number of carbonyl (C=O) groups excluding carboxylic acids is 1. The van der Waals surface area contributed by atoms with Crippen LogP contribution in [0.5, 0.6) is 0 Å². The van der Waals surface area contributed by atoms with Gasteiger partial charge in [0.2, 0.25) is 5.91 Å². The van der Waals surface area contributed by atoms with E-state index in [1.54, 1.807) is 17.4 Å². The van der Waals surface area contributed by atoms with Crippen LogP contribution in [0.25, 0.3) is 0 Å². The predicted molar refractivity (Wildman–Crippen MR) is 87.1 cm³/mol. The summed E-state index contributed by atoms with van der Waals surface area (Å²) in [6.45, 7) is 5.04. The lowest BCUT2D eigenvalue weighted by Crippen LogP contribution is -2.35. The molecule has 2 N–H and O–H groups in total. The Morgan fingerprint density at radius 1 is 1.55 bits per heavy atom. The standard InChI is InChI=1S/C15H22N2OS.ClH/c1-2-8-17(11-13-6-4-9-19-13)15(18)10-12-5-3-7-14(12)16;/h2,4,6,9,12,14H,1,3,5,7-8,10-11,16H2;1H/t12-,14+;/m0./s1. The summed E-state index contributed by atoms with van der Waals surface area (Å²) in [4.78, 5) is 15.5. The third-order valence-electron chi connectivity index (χ3n) is 3.78. The molecular formula is C15H23ClN2OS. The summed E-state index contributed by atoms with van der Waals surface area (Å²) < 4.78 is 0. The maximum Gasteiger partial charge on any atom is 0.223 e. The fourth-order valence-corrected chi connectivity index (χ4v) is 3.39. The van der Waals surface area contributed by atoms with Crippen molar-refractivity contribution in [1.82, 2.24) is 4.90 Å². The topological polar surface area (TPSA) is 46.3 Å². The first-order valence-corrected chi connectivity index (χ1v) is 7.75. The molecule has 3 nitrogen and oxygen atoms in total. The van der Waals surface area contributed by atoms with Gasteiger partial charge in [0, 0.05) is 23.9 Å². The predicted octanol–water partition coefficient (Wildman–Crippen LogP) is 3.20. The van der Waals surface area contributed by atoms with Crippen LogP contribution in [0.15, 0.2) is 30.2 Å². The van der Waals surface area contributed by atoms with Gasteiger partial charge >= 0.3 is 0 Å². The number of nitrogens with two attached hydrogens (primary N) is 1. The molecule has 112 valence electrons. The fourth-order valence-electron chi connectivity index (χ4n) is 2.67. The first-order valence-electron chi connectivity index (χ1n) is 6.87. The fraction of sp³-hybridized carbons (Fsp3) is 0.533.